The van der Waals surface area contributed by atoms with Gasteiger partial charge in [-0.1, -0.05) is 42.0 Å². The van der Waals surface area contributed by atoms with Gasteiger partial charge in [-0.3, -0.25) is 10.1 Å². The molecule has 2 aromatic carbocycles. The Bertz CT molecular complexity index is 921. The predicted octanol–water partition coefficient (Wildman–Crippen LogP) is 3.63. The summed E-state index contributed by atoms with van der Waals surface area (Å²) in [7, 11) is 0. The van der Waals surface area contributed by atoms with Crippen LogP contribution >= 0.6 is 0 Å². The molecule has 3 aromatic rings. The maximum atomic E-state index is 11.3. The molecule has 0 aliphatic carbocycles. The third-order valence-corrected chi connectivity index (χ3v) is 3.48. The number of benzene rings is 2. The molecule has 1 heterocycles. The lowest BCUT2D eigenvalue weighted by molar-refractivity contribution is -0.384. The van der Waals surface area contributed by atoms with Crippen molar-refractivity contribution in [3.05, 3.63) is 76.0 Å². The van der Waals surface area contributed by atoms with Crippen molar-refractivity contribution < 1.29 is 4.92 Å². The van der Waals surface area contributed by atoms with Gasteiger partial charge in [0.1, 0.15) is 11.8 Å². The molecule has 0 bridgehead atoms. The van der Waals surface area contributed by atoms with Crippen LogP contribution in [0.3, 0.4) is 0 Å². The summed E-state index contributed by atoms with van der Waals surface area (Å²) < 4.78 is 1.45. The van der Waals surface area contributed by atoms with Gasteiger partial charge < -0.3 is 0 Å². The standard InChI is InChI=1S/C17H12N4O2/c1-12-6-8-13(9-7-12)17-10-14(11-18)19-20(17)15-4-2-3-5-16(15)21(22)23/h2-10H,1H3. The molecule has 0 aliphatic rings. The van der Waals surface area contributed by atoms with Crippen LogP contribution in [0.5, 0.6) is 0 Å². The number of hydrogen-bond donors (Lipinski definition) is 0. The van der Waals surface area contributed by atoms with Gasteiger partial charge >= 0.3 is 0 Å². The second-order valence-corrected chi connectivity index (χ2v) is 5.05. The molecular weight excluding hydrogens is 292 g/mol. The van der Waals surface area contributed by atoms with E-state index in [4.69, 9.17) is 5.26 Å². The minimum Gasteiger partial charge on any atom is -0.258 e. The van der Waals surface area contributed by atoms with Gasteiger partial charge in [0, 0.05) is 17.7 Å². The van der Waals surface area contributed by atoms with Gasteiger partial charge in [-0.2, -0.15) is 10.4 Å². The first-order valence-corrected chi connectivity index (χ1v) is 6.91. The van der Waals surface area contributed by atoms with Gasteiger partial charge in [0.2, 0.25) is 0 Å². The molecule has 1 aromatic heterocycles. The zero-order valence-electron chi connectivity index (χ0n) is 12.3. The number of nitro groups is 1. The van der Waals surface area contributed by atoms with Crippen molar-refractivity contribution in [3.8, 4) is 23.0 Å². The molecule has 0 unspecified atom stereocenters. The molecule has 0 spiro atoms. The Hall–Kier alpha value is -3.46. The number of nitro benzene ring substituents is 1. The second-order valence-electron chi connectivity index (χ2n) is 5.05. The Kier molecular flexibility index (Phi) is 3.61. The van der Waals surface area contributed by atoms with Crippen LogP contribution in [-0.2, 0) is 0 Å². The molecule has 0 amide bonds. The lowest BCUT2D eigenvalue weighted by atomic mass is 10.1. The maximum Gasteiger partial charge on any atom is 0.294 e. The highest BCUT2D eigenvalue weighted by molar-refractivity contribution is 5.66. The summed E-state index contributed by atoms with van der Waals surface area (Å²) in [4.78, 5) is 10.8. The molecule has 0 N–H and O–H groups in total. The zero-order chi connectivity index (χ0) is 16.4. The Labute approximate surface area is 132 Å². The van der Waals surface area contributed by atoms with E-state index >= 15 is 0 Å². The van der Waals surface area contributed by atoms with Crippen LogP contribution in [0.4, 0.5) is 5.69 Å². The topological polar surface area (TPSA) is 84.8 Å². The van der Waals surface area contributed by atoms with Crippen LogP contribution in [0.2, 0.25) is 0 Å². The highest BCUT2D eigenvalue weighted by Crippen LogP contribution is 2.29. The van der Waals surface area contributed by atoms with E-state index in [1.807, 2.05) is 37.3 Å². The average molecular weight is 304 g/mol. The van der Waals surface area contributed by atoms with Crippen molar-refractivity contribution in [3.63, 3.8) is 0 Å². The van der Waals surface area contributed by atoms with E-state index in [0.717, 1.165) is 11.1 Å². The molecule has 0 atom stereocenters. The van der Waals surface area contributed by atoms with E-state index in [1.165, 1.54) is 10.7 Å². The Morgan fingerprint density at radius 1 is 1.17 bits per heavy atom. The van der Waals surface area contributed by atoms with Gasteiger partial charge in [-0.15, -0.1) is 0 Å². The fourth-order valence-electron chi connectivity index (χ4n) is 2.35. The lowest BCUT2D eigenvalue weighted by Gasteiger charge is -2.08. The maximum absolute atomic E-state index is 11.3. The SMILES string of the molecule is Cc1ccc(-c2cc(C#N)nn2-c2ccccc2[N+](=O)[O-])cc1. The van der Waals surface area contributed by atoms with Gasteiger partial charge in [0.25, 0.3) is 5.69 Å². The first kappa shape index (κ1) is 14.5. The van der Waals surface area contributed by atoms with Crippen LogP contribution in [-0.4, -0.2) is 14.7 Å². The smallest absolute Gasteiger partial charge is 0.258 e. The number of aromatic nitrogens is 2. The summed E-state index contributed by atoms with van der Waals surface area (Å²) in [5, 5.41) is 24.6. The highest BCUT2D eigenvalue weighted by atomic mass is 16.6. The van der Waals surface area contributed by atoms with Crippen molar-refractivity contribution in [2.24, 2.45) is 0 Å². The molecule has 6 heteroatoms. The summed E-state index contributed by atoms with van der Waals surface area (Å²) in [6, 6.07) is 17.6. The van der Waals surface area contributed by atoms with Crippen LogP contribution in [0.1, 0.15) is 11.3 Å². The first-order chi connectivity index (χ1) is 11.1. The fraction of sp³-hybridized carbons (Fsp3) is 0.0588. The van der Waals surface area contributed by atoms with Crippen LogP contribution in [0, 0.1) is 28.4 Å². The molecule has 3 rings (SSSR count). The minimum absolute atomic E-state index is 0.0616. The van der Waals surface area contributed by atoms with E-state index in [0.29, 0.717) is 11.4 Å². The van der Waals surface area contributed by atoms with E-state index in [1.54, 1.807) is 24.3 Å². The quantitative estimate of drug-likeness (QED) is 0.546. The van der Waals surface area contributed by atoms with Gasteiger partial charge in [0.15, 0.2) is 5.69 Å². The molecule has 0 fully saturated rings. The summed E-state index contributed by atoms with van der Waals surface area (Å²) in [5.41, 5.74) is 3.05. The summed E-state index contributed by atoms with van der Waals surface area (Å²) in [5.74, 6) is 0. The van der Waals surface area contributed by atoms with E-state index in [-0.39, 0.29) is 11.4 Å². The van der Waals surface area contributed by atoms with Crippen molar-refractivity contribution >= 4 is 5.69 Å². The molecule has 6 nitrogen and oxygen atoms in total. The number of hydrogen-bond acceptors (Lipinski definition) is 4. The molecular formula is C17H12N4O2. The minimum atomic E-state index is -0.456. The van der Waals surface area contributed by atoms with Crippen molar-refractivity contribution in [1.82, 2.24) is 9.78 Å². The molecule has 0 radical (unpaired) electrons. The highest BCUT2D eigenvalue weighted by Gasteiger charge is 2.19. The molecule has 112 valence electrons. The number of rotatable bonds is 3. The van der Waals surface area contributed by atoms with Crippen LogP contribution in [0.15, 0.2) is 54.6 Å². The predicted molar refractivity (Wildman–Crippen MR) is 85.1 cm³/mol. The fourth-order valence-corrected chi connectivity index (χ4v) is 2.35. The normalized spacial score (nSPS) is 10.3. The third-order valence-electron chi connectivity index (χ3n) is 3.48. The molecule has 0 saturated carbocycles. The average Bonchev–Trinajstić information content (AvgIpc) is 2.99. The second kappa shape index (κ2) is 5.73. The third kappa shape index (κ3) is 2.68. The monoisotopic (exact) mass is 304 g/mol. The number of nitrogens with zero attached hydrogens (tertiary/aromatic N) is 4. The van der Waals surface area contributed by atoms with Crippen molar-refractivity contribution in [1.29, 1.82) is 5.26 Å². The zero-order valence-corrected chi connectivity index (χ0v) is 12.3. The molecule has 0 saturated heterocycles. The van der Waals surface area contributed by atoms with E-state index < -0.39 is 4.92 Å². The van der Waals surface area contributed by atoms with Crippen LogP contribution < -0.4 is 0 Å². The lowest BCUT2D eigenvalue weighted by Crippen LogP contribution is -2.03. The van der Waals surface area contributed by atoms with Gasteiger partial charge in [-0.05, 0) is 13.0 Å². The number of para-hydroxylation sites is 2. The van der Waals surface area contributed by atoms with Gasteiger partial charge in [0.05, 0.1) is 10.6 Å². The molecule has 0 aliphatic heterocycles. The first-order valence-electron chi connectivity index (χ1n) is 6.91. The Balaban J connectivity index is 2.25. The largest absolute Gasteiger partial charge is 0.294 e. The molecule has 23 heavy (non-hydrogen) atoms. The number of aryl methyl sites for hydroxylation is 1. The van der Waals surface area contributed by atoms with E-state index in [2.05, 4.69) is 5.10 Å². The number of nitriles is 1. The Morgan fingerprint density at radius 3 is 2.52 bits per heavy atom. The summed E-state index contributed by atoms with van der Waals surface area (Å²) in [6.07, 6.45) is 0. The van der Waals surface area contributed by atoms with Gasteiger partial charge in [-0.25, -0.2) is 4.68 Å². The summed E-state index contributed by atoms with van der Waals surface area (Å²) in [6.45, 7) is 1.98. The van der Waals surface area contributed by atoms with Crippen molar-refractivity contribution in [2.75, 3.05) is 0 Å². The van der Waals surface area contributed by atoms with Crippen LogP contribution in [0.25, 0.3) is 16.9 Å². The Morgan fingerprint density at radius 2 is 1.87 bits per heavy atom. The van der Waals surface area contributed by atoms with Crippen molar-refractivity contribution in [2.45, 2.75) is 6.92 Å². The van der Waals surface area contributed by atoms with E-state index in [9.17, 15) is 10.1 Å². The summed E-state index contributed by atoms with van der Waals surface area (Å²) >= 11 is 0.